The van der Waals surface area contributed by atoms with Crippen LogP contribution >= 0.6 is 0 Å². The van der Waals surface area contributed by atoms with E-state index in [2.05, 4.69) is 5.32 Å². The van der Waals surface area contributed by atoms with Gasteiger partial charge in [-0.15, -0.1) is 0 Å². The van der Waals surface area contributed by atoms with Crippen LogP contribution in [0.3, 0.4) is 0 Å². The Balaban J connectivity index is 1.42. The molecule has 2 aliphatic rings. The number of alkyl carbamates (subject to hydrolysis) is 1. The lowest BCUT2D eigenvalue weighted by molar-refractivity contribution is -0.271. The molecule has 0 saturated carbocycles. The number of alkyl halides is 3. The fourth-order valence-electron chi connectivity index (χ4n) is 6.36. The highest BCUT2D eigenvalue weighted by Crippen LogP contribution is 2.48. The number of hydrogen-bond acceptors (Lipinski definition) is 5. The van der Waals surface area contributed by atoms with Crippen LogP contribution in [0.4, 0.5) is 18.0 Å². The van der Waals surface area contributed by atoms with Crippen molar-refractivity contribution < 1.29 is 37.0 Å². The molecular weight excluding hydrogens is 561 g/mol. The largest absolute Gasteiger partial charge is 0.489 e. The lowest BCUT2D eigenvalue weighted by Crippen LogP contribution is -2.62. The molecule has 228 valence electrons. The monoisotopic (exact) mass is 596 g/mol. The molecule has 10 heteroatoms. The van der Waals surface area contributed by atoms with Crippen molar-refractivity contribution in [1.82, 2.24) is 10.2 Å². The van der Waals surface area contributed by atoms with E-state index in [4.69, 9.17) is 14.2 Å². The molecule has 1 N–H and O–H groups in total. The van der Waals surface area contributed by atoms with Gasteiger partial charge in [0.1, 0.15) is 18.0 Å². The third kappa shape index (κ3) is 5.80. The van der Waals surface area contributed by atoms with Crippen LogP contribution in [-0.2, 0) is 26.5 Å². The third-order valence-corrected chi connectivity index (χ3v) is 8.44. The van der Waals surface area contributed by atoms with Crippen LogP contribution < -0.4 is 10.1 Å². The second kappa shape index (κ2) is 11.9. The van der Waals surface area contributed by atoms with Crippen LogP contribution in [0.5, 0.6) is 5.75 Å². The summed E-state index contributed by atoms with van der Waals surface area (Å²) in [5.41, 5.74) is -1.50. The van der Waals surface area contributed by atoms with Crippen molar-refractivity contribution in [2.24, 2.45) is 0 Å². The van der Waals surface area contributed by atoms with Gasteiger partial charge in [-0.05, 0) is 25.5 Å². The zero-order valence-electron chi connectivity index (χ0n) is 24.4. The topological polar surface area (TPSA) is 77.1 Å². The second-order valence-corrected chi connectivity index (χ2v) is 11.3. The Bertz CT molecular complexity index is 1450. The molecular formula is C33H35F3N2O5. The Kier molecular flexibility index (Phi) is 8.42. The molecule has 2 saturated heterocycles. The van der Waals surface area contributed by atoms with E-state index >= 15 is 0 Å². The van der Waals surface area contributed by atoms with Crippen molar-refractivity contribution in [3.8, 4) is 5.75 Å². The number of methoxy groups -OCH3 is 1. The molecule has 2 aliphatic heterocycles. The van der Waals surface area contributed by atoms with Gasteiger partial charge in [0.05, 0.1) is 0 Å². The number of aryl methyl sites for hydroxylation is 2. The van der Waals surface area contributed by atoms with E-state index in [-0.39, 0.29) is 44.0 Å². The minimum Gasteiger partial charge on any atom is -0.489 e. The molecule has 2 heterocycles. The van der Waals surface area contributed by atoms with Gasteiger partial charge in [-0.1, -0.05) is 77.9 Å². The van der Waals surface area contributed by atoms with Gasteiger partial charge in [0.2, 0.25) is 0 Å². The Labute approximate surface area is 248 Å². The number of para-hydroxylation sites is 1. The molecule has 1 unspecified atom stereocenters. The number of halogens is 3. The average molecular weight is 597 g/mol. The van der Waals surface area contributed by atoms with E-state index in [0.717, 1.165) is 18.2 Å². The minimum atomic E-state index is -5.02. The van der Waals surface area contributed by atoms with Crippen LogP contribution in [0.1, 0.15) is 46.6 Å². The number of ether oxygens (including phenoxy) is 3. The van der Waals surface area contributed by atoms with E-state index in [1.54, 1.807) is 19.9 Å². The van der Waals surface area contributed by atoms with Gasteiger partial charge >= 0.3 is 12.3 Å². The van der Waals surface area contributed by atoms with Gasteiger partial charge in [0.15, 0.2) is 0 Å². The Morgan fingerprint density at radius 3 is 2.26 bits per heavy atom. The molecule has 1 spiro atoms. The van der Waals surface area contributed by atoms with E-state index in [0.29, 0.717) is 23.5 Å². The fraction of sp³-hybridized carbons (Fsp3) is 0.394. The number of piperidine rings is 1. The lowest BCUT2D eigenvalue weighted by Gasteiger charge is -2.49. The van der Waals surface area contributed by atoms with Crippen molar-refractivity contribution in [2.45, 2.75) is 56.6 Å². The molecule has 2 amide bonds. The summed E-state index contributed by atoms with van der Waals surface area (Å²) in [7, 11) is 0.908. The highest BCUT2D eigenvalue weighted by molar-refractivity contribution is 5.88. The number of nitrogens with zero attached hydrogens (tertiary/aromatic N) is 1. The molecule has 43 heavy (non-hydrogen) atoms. The molecule has 0 radical (unpaired) electrons. The minimum absolute atomic E-state index is 0.0539. The quantitative estimate of drug-likeness (QED) is 0.353. The highest BCUT2D eigenvalue weighted by atomic mass is 19.4. The van der Waals surface area contributed by atoms with E-state index in [1.807, 2.05) is 54.6 Å². The van der Waals surface area contributed by atoms with E-state index in [9.17, 15) is 22.8 Å². The van der Waals surface area contributed by atoms with Crippen LogP contribution in [0.25, 0.3) is 0 Å². The average Bonchev–Trinajstić information content (AvgIpc) is 2.97. The number of carbonyl (C=O) groups is 2. The van der Waals surface area contributed by atoms with Crippen molar-refractivity contribution in [2.75, 3.05) is 26.7 Å². The van der Waals surface area contributed by atoms with Gasteiger partial charge in [-0.3, -0.25) is 4.79 Å². The molecule has 3 aromatic rings. The fourth-order valence-corrected chi connectivity index (χ4v) is 6.36. The summed E-state index contributed by atoms with van der Waals surface area (Å²) in [4.78, 5) is 27.5. The van der Waals surface area contributed by atoms with Gasteiger partial charge in [-0.2, -0.15) is 13.2 Å². The number of hydrogen-bond donors (Lipinski definition) is 1. The number of benzene rings is 3. The molecule has 0 bridgehead atoms. The number of carbonyl (C=O) groups excluding carboxylic acids is 2. The van der Waals surface area contributed by atoms with Crippen molar-refractivity contribution >= 4 is 12.0 Å². The van der Waals surface area contributed by atoms with Crippen LogP contribution in [0.15, 0.2) is 72.8 Å². The van der Waals surface area contributed by atoms with Crippen molar-refractivity contribution in [3.63, 3.8) is 0 Å². The molecule has 0 aromatic heterocycles. The Hall–Kier alpha value is -4.05. The van der Waals surface area contributed by atoms with Gasteiger partial charge in [-0.25, -0.2) is 4.79 Å². The Morgan fingerprint density at radius 2 is 1.63 bits per heavy atom. The first kappa shape index (κ1) is 30.4. The first-order valence-electron chi connectivity index (χ1n) is 14.2. The van der Waals surface area contributed by atoms with E-state index in [1.165, 1.54) is 17.0 Å². The van der Waals surface area contributed by atoms with Gasteiger partial charge in [0.25, 0.3) is 11.5 Å². The van der Waals surface area contributed by atoms with Crippen LogP contribution in [0.2, 0.25) is 0 Å². The third-order valence-electron chi connectivity index (χ3n) is 8.44. The molecule has 5 rings (SSSR count). The predicted octanol–water partition coefficient (Wildman–Crippen LogP) is 6.17. The summed E-state index contributed by atoms with van der Waals surface area (Å²) >= 11 is 0. The lowest BCUT2D eigenvalue weighted by atomic mass is 9.74. The van der Waals surface area contributed by atoms with Crippen LogP contribution in [0, 0.1) is 13.8 Å². The summed E-state index contributed by atoms with van der Waals surface area (Å²) in [6, 6.07) is 21.6. The van der Waals surface area contributed by atoms with Crippen molar-refractivity contribution in [1.29, 1.82) is 0 Å². The first-order chi connectivity index (χ1) is 20.5. The molecule has 2 fully saturated rings. The number of rotatable bonds is 7. The van der Waals surface area contributed by atoms with E-state index < -0.39 is 29.4 Å². The first-order valence-corrected chi connectivity index (χ1v) is 14.2. The molecule has 7 nitrogen and oxygen atoms in total. The summed E-state index contributed by atoms with van der Waals surface area (Å²) in [6.45, 7) is 3.84. The maximum absolute atomic E-state index is 14.8. The zero-order chi connectivity index (χ0) is 30.8. The number of likely N-dealkylation sites (tertiary alicyclic amines) is 1. The molecule has 2 atom stereocenters. The maximum atomic E-state index is 14.8. The molecule has 3 aromatic carbocycles. The predicted molar refractivity (Wildman–Crippen MR) is 154 cm³/mol. The standard InChI is InChI=1S/C33H35F3N2O5/c1-22-17-23(2)19-25(18-22)32(41-3,33(34,35)36)29(39)38-15-13-31(14-16-38)27(20-37-30(40)43-31)26-11-7-8-12-28(26)42-21-24-9-5-4-6-10-24/h4-12,17-19,27H,13-16,20-21H2,1-3H3,(H,37,40)/t27?,32-/m0/s1. The normalized spacial score (nSPS) is 19.7. The summed E-state index contributed by atoms with van der Waals surface area (Å²) in [6.07, 6.45) is -5.33. The van der Waals surface area contributed by atoms with Gasteiger partial charge < -0.3 is 24.4 Å². The maximum Gasteiger partial charge on any atom is 0.430 e. The highest BCUT2D eigenvalue weighted by Gasteiger charge is 2.64. The summed E-state index contributed by atoms with van der Waals surface area (Å²) in [5.74, 6) is -0.923. The Morgan fingerprint density at radius 1 is 1.00 bits per heavy atom. The van der Waals surface area contributed by atoms with Crippen molar-refractivity contribution in [3.05, 3.63) is 101 Å². The molecule has 0 aliphatic carbocycles. The second-order valence-electron chi connectivity index (χ2n) is 11.3. The zero-order valence-corrected chi connectivity index (χ0v) is 24.4. The summed E-state index contributed by atoms with van der Waals surface area (Å²) < 4.78 is 61.6. The van der Waals surface area contributed by atoms with Gasteiger partial charge in [0, 0.05) is 56.6 Å². The van der Waals surface area contributed by atoms with Crippen LogP contribution in [-0.4, -0.2) is 55.4 Å². The number of nitrogens with one attached hydrogen (secondary N) is 1. The smallest absolute Gasteiger partial charge is 0.430 e. The number of amides is 2. The summed E-state index contributed by atoms with van der Waals surface area (Å²) in [5, 5.41) is 2.76. The SMILES string of the molecule is CO[C@](C(=O)N1CCC2(CC1)OC(=O)NCC2c1ccccc1OCc1ccccc1)(c1cc(C)cc(C)c1)C(F)(F)F.